The molecule has 0 aromatic heterocycles. The number of hydrogen-bond acceptors (Lipinski definition) is 4. The van der Waals surface area contributed by atoms with Crippen LogP contribution in [0.3, 0.4) is 0 Å². The summed E-state index contributed by atoms with van der Waals surface area (Å²) in [5.74, 6) is 0.909. The minimum absolute atomic E-state index is 0.147. The molecule has 2 aromatic rings. The molecule has 1 N–H and O–H groups in total. The Hall–Kier alpha value is -2.82. The fourth-order valence-electron chi connectivity index (χ4n) is 2.51. The van der Waals surface area contributed by atoms with Gasteiger partial charge in [-0.15, -0.1) is 0 Å². The van der Waals surface area contributed by atoms with Crippen molar-refractivity contribution in [2.75, 3.05) is 13.7 Å². The molecule has 0 unspecified atom stereocenters. The Morgan fingerprint density at radius 2 is 1.58 bits per heavy atom. The van der Waals surface area contributed by atoms with Crippen LogP contribution in [-0.4, -0.2) is 25.5 Å². The first kappa shape index (κ1) is 19.5. The molecular formula is C21H25NO4. The summed E-state index contributed by atoms with van der Waals surface area (Å²) < 4.78 is 10.4. The summed E-state index contributed by atoms with van der Waals surface area (Å²) in [5.41, 5.74) is 0.516. The van der Waals surface area contributed by atoms with Gasteiger partial charge in [-0.2, -0.15) is 0 Å². The number of esters is 1. The van der Waals surface area contributed by atoms with Crippen LogP contribution in [0.4, 0.5) is 0 Å². The molecule has 2 rings (SSSR count). The first-order chi connectivity index (χ1) is 12.7. The molecule has 1 amide bonds. The molecular weight excluding hydrogens is 330 g/mol. The molecule has 2 aromatic carbocycles. The molecule has 138 valence electrons. The van der Waals surface area contributed by atoms with E-state index in [2.05, 4.69) is 10.1 Å². The number of nitrogens with one attached hydrogen (secondary N) is 1. The van der Waals surface area contributed by atoms with E-state index in [1.54, 1.807) is 12.1 Å². The number of carbonyl (C=O) groups excluding carboxylic acids is 2. The van der Waals surface area contributed by atoms with Crippen LogP contribution in [0.1, 0.15) is 42.5 Å². The fraction of sp³-hybridized carbons (Fsp3) is 0.333. The molecule has 0 aliphatic heterocycles. The topological polar surface area (TPSA) is 64.6 Å². The average molecular weight is 355 g/mol. The highest BCUT2D eigenvalue weighted by atomic mass is 16.5. The van der Waals surface area contributed by atoms with Crippen LogP contribution in [0.2, 0.25) is 0 Å². The number of amides is 1. The molecule has 0 aliphatic carbocycles. The number of ether oxygens (including phenoxy) is 2. The summed E-state index contributed by atoms with van der Waals surface area (Å²) in [5, 5.41) is 2.93. The van der Waals surface area contributed by atoms with Crippen molar-refractivity contribution in [2.24, 2.45) is 0 Å². The molecule has 0 spiro atoms. The van der Waals surface area contributed by atoms with Gasteiger partial charge in [0.2, 0.25) is 0 Å². The molecule has 0 heterocycles. The predicted octanol–water partition coefficient (Wildman–Crippen LogP) is 4.33. The lowest BCUT2D eigenvalue weighted by molar-refractivity contribution is -0.140. The Labute approximate surface area is 154 Å². The second-order valence-corrected chi connectivity index (χ2v) is 5.91. The van der Waals surface area contributed by atoms with E-state index in [0.29, 0.717) is 30.0 Å². The number of rotatable bonds is 10. The lowest BCUT2D eigenvalue weighted by Gasteiger charge is -2.11. The van der Waals surface area contributed by atoms with E-state index in [9.17, 15) is 9.59 Å². The van der Waals surface area contributed by atoms with Crippen LogP contribution in [-0.2, 0) is 9.53 Å². The number of hydrogen-bond donors (Lipinski definition) is 1. The zero-order valence-corrected chi connectivity index (χ0v) is 15.1. The van der Waals surface area contributed by atoms with E-state index in [1.807, 2.05) is 42.5 Å². The number of benzene rings is 2. The van der Waals surface area contributed by atoms with Crippen molar-refractivity contribution in [3.8, 4) is 11.5 Å². The van der Waals surface area contributed by atoms with Gasteiger partial charge >= 0.3 is 5.97 Å². The van der Waals surface area contributed by atoms with Gasteiger partial charge < -0.3 is 14.8 Å². The Bertz CT molecular complexity index is 700. The molecule has 26 heavy (non-hydrogen) atoms. The Balaban J connectivity index is 1.76. The fourth-order valence-corrected chi connectivity index (χ4v) is 2.51. The van der Waals surface area contributed by atoms with E-state index in [1.165, 1.54) is 7.11 Å². The van der Waals surface area contributed by atoms with Crippen molar-refractivity contribution in [1.29, 1.82) is 0 Å². The lowest BCUT2D eigenvalue weighted by Crippen LogP contribution is -2.24. The van der Waals surface area contributed by atoms with Crippen molar-refractivity contribution < 1.29 is 19.1 Å². The maximum Gasteiger partial charge on any atom is 0.305 e. The first-order valence-electron chi connectivity index (χ1n) is 8.87. The average Bonchev–Trinajstić information content (AvgIpc) is 2.68. The van der Waals surface area contributed by atoms with E-state index in [0.717, 1.165) is 25.7 Å². The number of unbranched alkanes of at least 4 members (excludes halogenated alkanes) is 3. The van der Waals surface area contributed by atoms with E-state index in [4.69, 9.17) is 4.74 Å². The SMILES string of the molecule is COC(=O)CCCCCCNC(=O)c1ccccc1Oc1ccccc1. The highest BCUT2D eigenvalue weighted by Crippen LogP contribution is 2.24. The van der Waals surface area contributed by atoms with Crippen molar-refractivity contribution in [2.45, 2.75) is 32.1 Å². The van der Waals surface area contributed by atoms with Gasteiger partial charge in [-0.05, 0) is 37.1 Å². The zero-order chi connectivity index (χ0) is 18.6. The van der Waals surface area contributed by atoms with Gasteiger partial charge in [0.1, 0.15) is 11.5 Å². The molecule has 0 aliphatic rings. The van der Waals surface area contributed by atoms with Gasteiger partial charge in [-0.1, -0.05) is 43.2 Å². The summed E-state index contributed by atoms with van der Waals surface area (Å²) >= 11 is 0. The van der Waals surface area contributed by atoms with Gasteiger partial charge in [0.25, 0.3) is 5.91 Å². The molecule has 0 atom stereocenters. The van der Waals surface area contributed by atoms with Crippen LogP contribution in [0, 0.1) is 0 Å². The van der Waals surface area contributed by atoms with E-state index in [-0.39, 0.29) is 11.9 Å². The number of methoxy groups -OCH3 is 1. The Morgan fingerprint density at radius 3 is 2.35 bits per heavy atom. The molecule has 0 bridgehead atoms. The third kappa shape index (κ3) is 6.59. The zero-order valence-electron chi connectivity index (χ0n) is 15.1. The summed E-state index contributed by atoms with van der Waals surface area (Å²) in [6.07, 6.45) is 4.04. The van der Waals surface area contributed by atoms with Crippen LogP contribution in [0.5, 0.6) is 11.5 Å². The van der Waals surface area contributed by atoms with Gasteiger partial charge in [0, 0.05) is 13.0 Å². The van der Waals surface area contributed by atoms with Crippen LogP contribution >= 0.6 is 0 Å². The molecule has 0 saturated carbocycles. The lowest BCUT2D eigenvalue weighted by atomic mass is 10.1. The first-order valence-corrected chi connectivity index (χ1v) is 8.87. The third-order valence-electron chi connectivity index (χ3n) is 3.92. The minimum atomic E-state index is -0.173. The van der Waals surface area contributed by atoms with Gasteiger partial charge in [0.05, 0.1) is 12.7 Å². The Kier molecular flexibility index (Phi) is 8.19. The Morgan fingerprint density at radius 1 is 0.885 bits per heavy atom. The quantitative estimate of drug-likeness (QED) is 0.509. The highest BCUT2D eigenvalue weighted by molar-refractivity contribution is 5.97. The van der Waals surface area contributed by atoms with Crippen molar-refractivity contribution in [3.63, 3.8) is 0 Å². The molecule has 0 saturated heterocycles. The van der Waals surface area contributed by atoms with Crippen LogP contribution in [0.25, 0.3) is 0 Å². The molecule has 5 heteroatoms. The van der Waals surface area contributed by atoms with Crippen LogP contribution in [0.15, 0.2) is 54.6 Å². The number of para-hydroxylation sites is 2. The maximum atomic E-state index is 12.4. The van der Waals surface area contributed by atoms with Crippen molar-refractivity contribution in [1.82, 2.24) is 5.32 Å². The third-order valence-corrected chi connectivity index (χ3v) is 3.92. The number of carbonyl (C=O) groups is 2. The largest absolute Gasteiger partial charge is 0.469 e. The van der Waals surface area contributed by atoms with E-state index >= 15 is 0 Å². The monoisotopic (exact) mass is 355 g/mol. The second-order valence-electron chi connectivity index (χ2n) is 5.91. The standard InChI is InChI=1S/C21H25NO4/c1-25-20(23)15-7-2-3-10-16-22-21(24)18-13-8-9-14-19(18)26-17-11-5-4-6-12-17/h4-6,8-9,11-14H,2-3,7,10,15-16H2,1H3,(H,22,24). The van der Waals surface area contributed by atoms with Gasteiger partial charge in [0.15, 0.2) is 0 Å². The normalized spacial score (nSPS) is 10.2. The smallest absolute Gasteiger partial charge is 0.305 e. The van der Waals surface area contributed by atoms with Gasteiger partial charge in [-0.25, -0.2) is 0 Å². The summed E-state index contributed by atoms with van der Waals surface area (Å²) in [4.78, 5) is 23.4. The van der Waals surface area contributed by atoms with Crippen molar-refractivity contribution in [3.05, 3.63) is 60.2 Å². The molecule has 0 radical (unpaired) electrons. The summed E-state index contributed by atoms with van der Waals surface area (Å²) in [7, 11) is 1.40. The maximum absolute atomic E-state index is 12.4. The minimum Gasteiger partial charge on any atom is -0.469 e. The molecule has 0 fully saturated rings. The van der Waals surface area contributed by atoms with Crippen LogP contribution < -0.4 is 10.1 Å². The predicted molar refractivity (Wildman–Crippen MR) is 100 cm³/mol. The second kappa shape index (κ2) is 10.9. The molecule has 5 nitrogen and oxygen atoms in total. The van der Waals surface area contributed by atoms with Crippen molar-refractivity contribution >= 4 is 11.9 Å². The van der Waals surface area contributed by atoms with Gasteiger partial charge in [-0.3, -0.25) is 9.59 Å². The summed E-state index contributed by atoms with van der Waals surface area (Å²) in [6.45, 7) is 0.594. The highest BCUT2D eigenvalue weighted by Gasteiger charge is 2.12. The summed E-state index contributed by atoms with van der Waals surface area (Å²) in [6, 6.07) is 16.6. The van der Waals surface area contributed by atoms with E-state index < -0.39 is 0 Å².